The van der Waals surface area contributed by atoms with Gasteiger partial charge in [0.2, 0.25) is 0 Å². The van der Waals surface area contributed by atoms with E-state index in [4.69, 9.17) is 36.3 Å². The quantitative estimate of drug-likeness (QED) is 0.159. The van der Waals surface area contributed by atoms with Crippen molar-refractivity contribution in [3.05, 3.63) is 129 Å². The molecule has 0 spiro atoms. The SMILES string of the molecule is COC(=O)C1=C(C(=O)OC)[C@@]23CC[C@@]1(O2)C(C)(C)c1ccc(o1)C(C)(C)c1ccc(o1)C(C)(C)c1ccc(o1)C(C)(C)c1ccc(o1)C(C)(C)c1ccc(o1)C3(C)C. The molecular formula is C48H56O10. The summed E-state index contributed by atoms with van der Waals surface area (Å²) in [6.07, 6.45) is 0.783. The van der Waals surface area contributed by atoms with E-state index in [0.717, 1.165) is 23.0 Å². The predicted octanol–water partition coefficient (Wildman–Crippen LogP) is 10.5. The average molecular weight is 793 g/mol. The van der Waals surface area contributed by atoms with Crippen LogP contribution in [0.25, 0.3) is 0 Å². The van der Waals surface area contributed by atoms with Crippen LogP contribution in [0.5, 0.6) is 0 Å². The van der Waals surface area contributed by atoms with Gasteiger partial charge in [-0.05, 0) is 157 Å². The molecule has 0 amide bonds. The molecule has 308 valence electrons. The smallest absolute Gasteiger partial charge is 0.337 e. The number of furan rings is 5. The fourth-order valence-electron chi connectivity index (χ4n) is 9.68. The van der Waals surface area contributed by atoms with Crippen molar-refractivity contribution in [3.8, 4) is 0 Å². The number of ether oxygens (including phenoxy) is 3. The minimum atomic E-state index is -1.34. The Kier molecular flexibility index (Phi) is 8.44. The van der Waals surface area contributed by atoms with E-state index in [0.29, 0.717) is 47.4 Å². The molecule has 0 unspecified atom stereocenters. The van der Waals surface area contributed by atoms with Crippen LogP contribution in [0, 0.1) is 0 Å². The van der Waals surface area contributed by atoms with E-state index in [9.17, 15) is 9.59 Å². The zero-order chi connectivity index (χ0) is 42.2. The maximum absolute atomic E-state index is 14.1. The lowest BCUT2D eigenvalue weighted by Gasteiger charge is -2.43. The molecule has 1 saturated heterocycles. The van der Waals surface area contributed by atoms with Crippen LogP contribution in [-0.4, -0.2) is 37.4 Å². The van der Waals surface area contributed by atoms with Crippen LogP contribution < -0.4 is 0 Å². The van der Waals surface area contributed by atoms with Crippen LogP contribution in [0.4, 0.5) is 0 Å². The van der Waals surface area contributed by atoms with Gasteiger partial charge in [-0.25, -0.2) is 9.59 Å². The Morgan fingerprint density at radius 2 is 0.603 bits per heavy atom. The first-order valence-electron chi connectivity index (χ1n) is 20.1. The normalized spacial score (nSPS) is 25.9. The fourth-order valence-corrected chi connectivity index (χ4v) is 9.68. The van der Waals surface area contributed by atoms with Crippen molar-refractivity contribution in [2.45, 2.75) is 140 Å². The van der Waals surface area contributed by atoms with Crippen molar-refractivity contribution in [2.24, 2.45) is 0 Å². The molecule has 8 rings (SSSR count). The molecule has 8 heterocycles. The molecule has 1 fully saturated rings. The van der Waals surface area contributed by atoms with Crippen LogP contribution in [0.1, 0.15) is 154 Å². The van der Waals surface area contributed by atoms with Crippen LogP contribution in [0.15, 0.2) is 93.9 Å². The Morgan fingerprint density at radius 3 is 0.828 bits per heavy atom. The van der Waals surface area contributed by atoms with Crippen molar-refractivity contribution in [3.63, 3.8) is 0 Å². The third-order valence-electron chi connectivity index (χ3n) is 14.2. The monoisotopic (exact) mass is 792 g/mol. The van der Waals surface area contributed by atoms with E-state index in [1.807, 2.05) is 88.4 Å². The summed E-state index contributed by atoms with van der Waals surface area (Å²) >= 11 is 0. The van der Waals surface area contributed by atoms with Crippen molar-refractivity contribution in [2.75, 3.05) is 14.2 Å². The standard InChI is InChI=1S/C48H56O10/c1-41(2)27-15-16-28(53-27)42(3,4)30-18-20-32(55-30)44(7,8)34-22-24-36(57-34)46(11,12)48-26-25-47(58-48,37(39(49)51-13)38(48)40(50)52-14)45(9,10)35-23-21-33(56-35)43(5,6)31-19-17-29(41)54-31/h15-24H,25-26H2,1-14H3/t47-,48+. The van der Waals surface area contributed by atoms with Crippen LogP contribution in [0.2, 0.25) is 0 Å². The highest BCUT2D eigenvalue weighted by Crippen LogP contribution is 2.67. The van der Waals surface area contributed by atoms with Crippen molar-refractivity contribution < 1.29 is 45.9 Å². The van der Waals surface area contributed by atoms with Gasteiger partial charge in [-0.3, -0.25) is 0 Å². The molecule has 10 heteroatoms. The van der Waals surface area contributed by atoms with E-state index >= 15 is 0 Å². The van der Waals surface area contributed by atoms with E-state index < -0.39 is 55.6 Å². The van der Waals surface area contributed by atoms with Gasteiger partial charge in [0.1, 0.15) is 68.8 Å². The molecule has 0 aromatic carbocycles. The Balaban J connectivity index is 1.36. The Hall–Kier alpha value is -4.96. The van der Waals surface area contributed by atoms with Gasteiger partial charge in [0.25, 0.3) is 0 Å². The number of fused-ring (bicyclic) bond motifs is 10. The molecule has 0 aliphatic carbocycles. The Bertz CT molecular complexity index is 2310. The molecule has 0 N–H and O–H groups in total. The summed E-state index contributed by atoms with van der Waals surface area (Å²) in [4.78, 5) is 28.3. The summed E-state index contributed by atoms with van der Waals surface area (Å²) < 4.78 is 52.0. The van der Waals surface area contributed by atoms with Gasteiger partial charge in [0, 0.05) is 0 Å². The number of hydrogen-bond donors (Lipinski definition) is 0. The molecule has 5 aromatic heterocycles. The molecule has 3 aliphatic heterocycles. The Morgan fingerprint density at radius 1 is 0.397 bits per heavy atom. The van der Waals surface area contributed by atoms with Crippen molar-refractivity contribution in [1.29, 1.82) is 0 Å². The molecule has 2 atom stereocenters. The molecule has 10 nitrogen and oxygen atoms in total. The van der Waals surface area contributed by atoms with Gasteiger partial charge in [0.15, 0.2) is 0 Å². The highest BCUT2D eigenvalue weighted by molar-refractivity contribution is 6.05. The van der Waals surface area contributed by atoms with Crippen LogP contribution in [-0.2, 0) is 56.3 Å². The van der Waals surface area contributed by atoms with Gasteiger partial charge in [-0.2, -0.15) is 0 Å². The second kappa shape index (κ2) is 12.3. The fraction of sp³-hybridized carbons (Fsp3) is 0.500. The minimum absolute atomic E-state index is 0.130. The van der Waals surface area contributed by atoms with E-state index in [1.165, 1.54) is 14.2 Å². The molecule has 12 bridgehead atoms. The third-order valence-corrected chi connectivity index (χ3v) is 14.2. The molecule has 5 aromatic rings. The first-order valence-corrected chi connectivity index (χ1v) is 20.1. The van der Waals surface area contributed by atoms with Crippen molar-refractivity contribution in [1.82, 2.24) is 0 Å². The van der Waals surface area contributed by atoms with Gasteiger partial charge in [-0.1, -0.05) is 0 Å². The highest BCUT2D eigenvalue weighted by Gasteiger charge is 2.74. The minimum Gasteiger partial charge on any atom is -0.466 e. The summed E-state index contributed by atoms with van der Waals surface area (Å²) in [5.41, 5.74) is -7.07. The van der Waals surface area contributed by atoms with Gasteiger partial charge < -0.3 is 36.3 Å². The van der Waals surface area contributed by atoms with Crippen LogP contribution >= 0.6 is 0 Å². The summed E-state index contributed by atoms with van der Waals surface area (Å²) in [6, 6.07) is 19.7. The third kappa shape index (κ3) is 5.05. The van der Waals surface area contributed by atoms with E-state index in [2.05, 4.69) is 55.4 Å². The number of rotatable bonds is 2. The number of hydrogen-bond acceptors (Lipinski definition) is 10. The van der Waals surface area contributed by atoms with Crippen molar-refractivity contribution >= 4 is 11.9 Å². The van der Waals surface area contributed by atoms with E-state index in [1.54, 1.807) is 0 Å². The van der Waals surface area contributed by atoms with Crippen LogP contribution in [0.3, 0.4) is 0 Å². The molecule has 0 saturated carbocycles. The summed E-state index contributed by atoms with van der Waals surface area (Å²) in [5.74, 6) is 5.54. The molecule has 0 radical (unpaired) electrons. The molecule has 3 aliphatic rings. The zero-order valence-electron chi connectivity index (χ0n) is 36.3. The van der Waals surface area contributed by atoms with Gasteiger partial charge >= 0.3 is 11.9 Å². The lowest BCUT2D eigenvalue weighted by molar-refractivity contribution is -0.145. The Labute approximate surface area is 340 Å². The number of esters is 2. The van der Waals surface area contributed by atoms with E-state index in [-0.39, 0.29) is 11.1 Å². The second-order valence-electron chi connectivity index (χ2n) is 19.6. The topological polar surface area (TPSA) is 128 Å². The maximum Gasteiger partial charge on any atom is 0.337 e. The lowest BCUT2D eigenvalue weighted by Crippen LogP contribution is -2.51. The number of methoxy groups -OCH3 is 2. The predicted molar refractivity (Wildman–Crippen MR) is 215 cm³/mol. The number of carbonyl (C=O) groups is 2. The summed E-state index contributed by atoms with van der Waals surface area (Å²) in [7, 11) is 2.63. The number of carbonyl (C=O) groups excluding carboxylic acids is 2. The first-order chi connectivity index (χ1) is 26.9. The summed E-state index contributed by atoms with van der Waals surface area (Å²) in [6.45, 7) is 24.5. The van der Waals surface area contributed by atoms with Gasteiger partial charge in [-0.15, -0.1) is 0 Å². The lowest BCUT2D eigenvalue weighted by atomic mass is 9.59. The average Bonchev–Trinajstić information content (AvgIpc) is 4.02. The largest absolute Gasteiger partial charge is 0.466 e. The molecule has 58 heavy (non-hydrogen) atoms. The highest BCUT2D eigenvalue weighted by atomic mass is 16.6. The molecular weight excluding hydrogens is 737 g/mol. The summed E-state index contributed by atoms with van der Waals surface area (Å²) in [5, 5.41) is 0. The zero-order valence-corrected chi connectivity index (χ0v) is 36.3. The van der Waals surface area contributed by atoms with Gasteiger partial charge in [0.05, 0.1) is 57.9 Å². The first kappa shape index (κ1) is 39.8. The maximum atomic E-state index is 14.1. The second-order valence-corrected chi connectivity index (χ2v) is 19.6.